The van der Waals surface area contributed by atoms with Gasteiger partial charge < -0.3 is 25.6 Å². The summed E-state index contributed by atoms with van der Waals surface area (Å²) in [6.45, 7) is 1.55. The molecule has 8 heteroatoms. The average Bonchev–Trinajstić information content (AvgIpc) is 3.08. The van der Waals surface area contributed by atoms with Gasteiger partial charge in [0.05, 0.1) is 13.2 Å². The Hall–Kier alpha value is -4.01. The van der Waals surface area contributed by atoms with Gasteiger partial charge in [0.15, 0.2) is 0 Å². The lowest BCUT2D eigenvalue weighted by atomic mass is 10.1. The maximum absolute atomic E-state index is 12.7. The predicted octanol–water partition coefficient (Wildman–Crippen LogP) is 6.68. The van der Waals surface area contributed by atoms with E-state index in [4.69, 9.17) is 4.74 Å². The third-order valence-electron chi connectivity index (χ3n) is 6.90. The van der Waals surface area contributed by atoms with Crippen molar-refractivity contribution in [3.63, 3.8) is 0 Å². The highest BCUT2D eigenvalue weighted by molar-refractivity contribution is 5.84. The molecule has 1 rings (SSSR count). The van der Waals surface area contributed by atoms with Gasteiger partial charge in [0.1, 0.15) is 12.1 Å². The molecule has 4 N–H and O–H groups in total. The number of allylic oxidation sites excluding steroid dienone is 10. The van der Waals surface area contributed by atoms with Crippen LogP contribution in [0.1, 0.15) is 89.5 Å². The van der Waals surface area contributed by atoms with Crippen molar-refractivity contribution in [1.82, 2.24) is 10.6 Å². The molecule has 0 saturated carbocycles. The van der Waals surface area contributed by atoms with Gasteiger partial charge in [-0.25, -0.2) is 4.79 Å². The Balaban J connectivity index is 2.32. The molecule has 0 aliphatic heterocycles. The van der Waals surface area contributed by atoms with Crippen molar-refractivity contribution in [1.29, 1.82) is 0 Å². The van der Waals surface area contributed by atoms with Crippen molar-refractivity contribution >= 4 is 23.9 Å². The average molecular weight is 649 g/mol. The van der Waals surface area contributed by atoms with E-state index in [-0.39, 0.29) is 24.7 Å². The van der Waals surface area contributed by atoms with Crippen LogP contribution in [0.4, 0.5) is 0 Å². The Bertz CT molecular complexity index is 1150. The Kier molecular flexibility index (Phi) is 25.7. The summed E-state index contributed by atoms with van der Waals surface area (Å²) in [5.41, 5.74) is 1.03. The van der Waals surface area contributed by atoms with Gasteiger partial charge in [-0.1, -0.05) is 110 Å². The van der Waals surface area contributed by atoms with Crippen LogP contribution in [0, 0.1) is 0 Å². The first-order valence-corrected chi connectivity index (χ1v) is 16.9. The van der Waals surface area contributed by atoms with E-state index in [2.05, 4.69) is 78.3 Å². The lowest BCUT2D eigenvalue weighted by Gasteiger charge is -2.20. The molecule has 1 aromatic rings. The van der Waals surface area contributed by atoms with Gasteiger partial charge in [0, 0.05) is 19.4 Å². The minimum absolute atomic E-state index is 0.0947. The number of aliphatic hydroxyl groups is 2. The van der Waals surface area contributed by atoms with Crippen LogP contribution in [0.5, 0.6) is 0 Å². The van der Waals surface area contributed by atoms with E-state index in [1.807, 2.05) is 42.5 Å². The number of unbranched alkanes of at least 4 members (excludes halogenated alkanes) is 2. The van der Waals surface area contributed by atoms with E-state index in [0.29, 0.717) is 32.2 Å². The number of ether oxygens (including phenoxy) is 1. The normalized spacial score (nSPS) is 12.9. The fourth-order valence-corrected chi connectivity index (χ4v) is 4.28. The fourth-order valence-electron chi connectivity index (χ4n) is 4.28. The Morgan fingerprint density at radius 1 is 0.745 bits per heavy atom. The molecule has 47 heavy (non-hydrogen) atoms. The monoisotopic (exact) mass is 648 g/mol. The summed E-state index contributed by atoms with van der Waals surface area (Å²) >= 11 is 0. The maximum atomic E-state index is 12.7. The van der Waals surface area contributed by atoms with Crippen molar-refractivity contribution < 1.29 is 29.3 Å². The highest BCUT2D eigenvalue weighted by Crippen LogP contribution is 2.08. The summed E-state index contributed by atoms with van der Waals surface area (Å²) in [5, 5.41) is 24.2. The van der Waals surface area contributed by atoms with Crippen molar-refractivity contribution in [3.05, 3.63) is 103 Å². The molecule has 0 spiro atoms. The van der Waals surface area contributed by atoms with Crippen molar-refractivity contribution in [2.24, 2.45) is 0 Å². The zero-order valence-corrected chi connectivity index (χ0v) is 28.1. The first kappa shape index (κ1) is 41.0. The molecule has 0 bridgehead atoms. The molecule has 1 atom stereocenters. The van der Waals surface area contributed by atoms with E-state index >= 15 is 0 Å². The van der Waals surface area contributed by atoms with Crippen LogP contribution in [0.25, 0.3) is 6.08 Å². The third kappa shape index (κ3) is 23.9. The zero-order chi connectivity index (χ0) is 34.2. The van der Waals surface area contributed by atoms with Crippen molar-refractivity contribution in [2.75, 3.05) is 19.8 Å². The number of rotatable bonds is 26. The highest BCUT2D eigenvalue weighted by Gasteiger charge is 2.24. The molecule has 2 amide bonds. The molecule has 1 aromatic carbocycles. The Labute approximate surface area is 282 Å². The largest absolute Gasteiger partial charge is 0.456 e. The summed E-state index contributed by atoms with van der Waals surface area (Å²) in [7, 11) is 0. The topological polar surface area (TPSA) is 125 Å². The van der Waals surface area contributed by atoms with Gasteiger partial charge in [-0.3, -0.25) is 9.59 Å². The molecule has 0 aromatic heterocycles. The Morgan fingerprint density at radius 3 is 1.94 bits per heavy atom. The number of hydrogen-bond acceptors (Lipinski definition) is 6. The number of carbonyl (C=O) groups excluding carboxylic acids is 3. The van der Waals surface area contributed by atoms with E-state index < -0.39 is 31.3 Å². The van der Waals surface area contributed by atoms with Gasteiger partial charge in [-0.05, 0) is 69.8 Å². The lowest BCUT2D eigenvalue weighted by molar-refractivity contribution is -0.157. The molecule has 8 nitrogen and oxygen atoms in total. The minimum Gasteiger partial charge on any atom is -0.456 e. The SMILES string of the molecule is CC/C=C\C/C=C\C/C=C\C/C=C\C/C=C\CCCC(=O)N[C@@H](CCCCNC(=O)C/C=C/c1ccccc1)C(=O)OC(CO)CO. The lowest BCUT2D eigenvalue weighted by Crippen LogP contribution is -2.44. The molecule has 0 heterocycles. The second-order valence-corrected chi connectivity index (χ2v) is 11.0. The van der Waals surface area contributed by atoms with Crippen molar-refractivity contribution in [3.8, 4) is 0 Å². The van der Waals surface area contributed by atoms with Crippen LogP contribution in [-0.2, 0) is 19.1 Å². The standard InChI is InChI=1S/C39H56N2O6/c1-2-3-4-5-6-7-8-9-10-11-12-13-14-15-16-17-21-29-38(45)41-36(39(46)47-35(32-42)33-43)28-22-23-31-40-37(44)30-24-27-34-25-19-18-20-26-34/h3-4,6-7,9-10,12-13,15-16,18-20,24-27,35-36,42-43H,2,5,8,11,14,17,21-23,28-33H2,1H3,(H,40,44)(H,41,45)/b4-3-,7-6-,10-9-,13-12-,16-15-,27-24+/t36-/m0/s1. The second-order valence-electron chi connectivity index (χ2n) is 11.0. The summed E-state index contributed by atoms with van der Waals surface area (Å²) < 4.78 is 5.17. The molecule has 0 fully saturated rings. The van der Waals surface area contributed by atoms with Crippen LogP contribution >= 0.6 is 0 Å². The van der Waals surface area contributed by atoms with Crippen LogP contribution in [0.2, 0.25) is 0 Å². The van der Waals surface area contributed by atoms with E-state index in [1.165, 1.54) is 0 Å². The number of hydrogen-bond donors (Lipinski definition) is 4. The quantitative estimate of drug-likeness (QED) is 0.0505. The molecule has 0 radical (unpaired) electrons. The minimum atomic E-state index is -1.04. The van der Waals surface area contributed by atoms with Crippen LogP contribution < -0.4 is 10.6 Å². The van der Waals surface area contributed by atoms with Crippen LogP contribution in [0.15, 0.2) is 97.2 Å². The molecular weight excluding hydrogens is 592 g/mol. The number of nitrogens with one attached hydrogen (secondary N) is 2. The summed E-state index contributed by atoms with van der Waals surface area (Å²) in [6.07, 6.45) is 32.2. The van der Waals surface area contributed by atoms with Gasteiger partial charge in [0.2, 0.25) is 11.8 Å². The molecule has 0 aliphatic rings. The van der Waals surface area contributed by atoms with Gasteiger partial charge >= 0.3 is 5.97 Å². The summed E-state index contributed by atoms with van der Waals surface area (Å²) in [6, 6.07) is 8.83. The van der Waals surface area contributed by atoms with Gasteiger partial charge in [0.25, 0.3) is 0 Å². The predicted molar refractivity (Wildman–Crippen MR) is 191 cm³/mol. The first-order valence-electron chi connectivity index (χ1n) is 16.9. The second kappa shape index (κ2) is 29.4. The zero-order valence-electron chi connectivity index (χ0n) is 28.1. The number of carbonyl (C=O) groups is 3. The molecular formula is C39H56N2O6. The number of esters is 1. The smallest absolute Gasteiger partial charge is 0.329 e. The fraction of sp³-hybridized carbons (Fsp3) is 0.462. The van der Waals surface area contributed by atoms with Gasteiger partial charge in [-0.15, -0.1) is 0 Å². The van der Waals surface area contributed by atoms with Crippen LogP contribution in [-0.4, -0.2) is 59.9 Å². The molecule has 0 aliphatic carbocycles. The number of benzene rings is 1. The number of amides is 2. The van der Waals surface area contributed by atoms with Gasteiger partial charge in [-0.2, -0.15) is 0 Å². The summed E-state index contributed by atoms with van der Waals surface area (Å²) in [5.74, 6) is -1.05. The third-order valence-corrected chi connectivity index (χ3v) is 6.90. The molecule has 0 unspecified atom stereocenters. The summed E-state index contributed by atoms with van der Waals surface area (Å²) in [4.78, 5) is 37.4. The van der Waals surface area contributed by atoms with E-state index in [0.717, 1.165) is 44.1 Å². The maximum Gasteiger partial charge on any atom is 0.329 e. The van der Waals surface area contributed by atoms with Crippen LogP contribution in [0.3, 0.4) is 0 Å². The van der Waals surface area contributed by atoms with Crippen molar-refractivity contribution in [2.45, 2.75) is 96.1 Å². The Morgan fingerprint density at radius 2 is 1.34 bits per heavy atom. The molecule has 258 valence electrons. The van der Waals surface area contributed by atoms with E-state index in [9.17, 15) is 24.6 Å². The number of aliphatic hydroxyl groups excluding tert-OH is 2. The molecule has 0 saturated heterocycles. The first-order chi connectivity index (χ1) is 23.0. The highest BCUT2D eigenvalue weighted by atomic mass is 16.6. The van der Waals surface area contributed by atoms with E-state index in [1.54, 1.807) is 0 Å².